The van der Waals surface area contributed by atoms with Crippen molar-refractivity contribution in [3.05, 3.63) is 35.4 Å². The van der Waals surface area contributed by atoms with E-state index in [-0.39, 0.29) is 11.3 Å². The number of nitrogens with zero attached hydrogens (tertiary/aromatic N) is 1. The first-order chi connectivity index (χ1) is 8.92. The Labute approximate surface area is 119 Å². The standard InChI is InChI=1S/C15H20N2OS/c1-15(2,14(16)19)8-10-17-9-7-11-5-3-4-6-12(11)13(17)18/h3-6H,7-10H2,1-2H3,(H2,16,19). The molecule has 0 bridgehead atoms. The van der Waals surface area contributed by atoms with Gasteiger partial charge in [0.15, 0.2) is 0 Å². The second-order valence-electron chi connectivity index (χ2n) is 5.70. The van der Waals surface area contributed by atoms with Gasteiger partial charge in [0.25, 0.3) is 5.91 Å². The normalized spacial score (nSPS) is 15.3. The van der Waals surface area contributed by atoms with Gasteiger partial charge in [-0.15, -0.1) is 0 Å². The molecule has 0 radical (unpaired) electrons. The van der Waals surface area contributed by atoms with Crippen molar-refractivity contribution in [3.63, 3.8) is 0 Å². The fourth-order valence-corrected chi connectivity index (χ4v) is 2.33. The third kappa shape index (κ3) is 2.95. The fourth-order valence-electron chi connectivity index (χ4n) is 2.23. The number of hydrogen-bond donors (Lipinski definition) is 1. The van der Waals surface area contributed by atoms with Crippen molar-refractivity contribution in [1.29, 1.82) is 0 Å². The second-order valence-corrected chi connectivity index (χ2v) is 6.14. The third-order valence-corrected chi connectivity index (χ3v) is 4.41. The number of carbonyl (C=O) groups excluding carboxylic acids is 1. The Morgan fingerprint density at radius 2 is 2.11 bits per heavy atom. The Bertz CT molecular complexity index is 511. The lowest BCUT2D eigenvalue weighted by atomic mass is 9.88. The summed E-state index contributed by atoms with van der Waals surface area (Å²) in [7, 11) is 0. The van der Waals surface area contributed by atoms with Crippen molar-refractivity contribution in [2.45, 2.75) is 26.7 Å². The van der Waals surface area contributed by atoms with E-state index in [1.54, 1.807) is 0 Å². The molecule has 1 aliphatic rings. The minimum absolute atomic E-state index is 0.126. The molecule has 0 fully saturated rings. The molecular formula is C15H20N2OS. The summed E-state index contributed by atoms with van der Waals surface area (Å²) in [5.74, 6) is 0.126. The van der Waals surface area contributed by atoms with Crippen LogP contribution in [0.25, 0.3) is 0 Å². The number of thiocarbonyl (C=S) groups is 1. The minimum atomic E-state index is -0.202. The van der Waals surface area contributed by atoms with Crippen LogP contribution in [0.3, 0.4) is 0 Å². The van der Waals surface area contributed by atoms with Crippen LogP contribution in [0.15, 0.2) is 24.3 Å². The van der Waals surface area contributed by atoms with E-state index in [2.05, 4.69) is 0 Å². The molecule has 0 atom stereocenters. The maximum Gasteiger partial charge on any atom is 0.254 e. The van der Waals surface area contributed by atoms with Crippen molar-refractivity contribution in [3.8, 4) is 0 Å². The van der Waals surface area contributed by atoms with Crippen LogP contribution in [0.1, 0.15) is 36.2 Å². The molecule has 0 unspecified atom stereocenters. The quantitative estimate of drug-likeness (QED) is 0.859. The molecule has 0 spiro atoms. The van der Waals surface area contributed by atoms with E-state index in [0.29, 0.717) is 11.5 Å². The monoisotopic (exact) mass is 276 g/mol. The van der Waals surface area contributed by atoms with Crippen molar-refractivity contribution in [2.24, 2.45) is 11.1 Å². The largest absolute Gasteiger partial charge is 0.393 e. The lowest BCUT2D eigenvalue weighted by Crippen LogP contribution is -2.41. The van der Waals surface area contributed by atoms with Crippen LogP contribution in [0.5, 0.6) is 0 Å². The van der Waals surface area contributed by atoms with Gasteiger partial charge in [0.05, 0.1) is 4.99 Å². The lowest BCUT2D eigenvalue weighted by molar-refractivity contribution is 0.0728. The molecule has 4 heteroatoms. The SMILES string of the molecule is CC(C)(CCN1CCc2ccccc2C1=O)C(N)=S. The molecule has 0 saturated heterocycles. The fraction of sp³-hybridized carbons (Fsp3) is 0.467. The van der Waals surface area contributed by atoms with E-state index in [1.165, 1.54) is 0 Å². The molecule has 1 aliphatic heterocycles. The van der Waals surface area contributed by atoms with Gasteiger partial charge in [-0.25, -0.2) is 0 Å². The molecule has 0 aliphatic carbocycles. The summed E-state index contributed by atoms with van der Waals surface area (Å²) >= 11 is 5.07. The molecule has 2 N–H and O–H groups in total. The van der Waals surface area contributed by atoms with Gasteiger partial charge < -0.3 is 10.6 Å². The van der Waals surface area contributed by atoms with E-state index in [1.807, 2.05) is 43.0 Å². The van der Waals surface area contributed by atoms with Crippen molar-refractivity contribution in [2.75, 3.05) is 13.1 Å². The number of hydrogen-bond acceptors (Lipinski definition) is 2. The molecule has 0 saturated carbocycles. The highest BCUT2D eigenvalue weighted by Crippen LogP contribution is 2.24. The van der Waals surface area contributed by atoms with Gasteiger partial charge in [-0.05, 0) is 24.5 Å². The summed E-state index contributed by atoms with van der Waals surface area (Å²) in [6, 6.07) is 7.84. The maximum atomic E-state index is 12.4. The highest BCUT2D eigenvalue weighted by atomic mass is 32.1. The molecular weight excluding hydrogens is 256 g/mol. The van der Waals surface area contributed by atoms with E-state index in [4.69, 9.17) is 18.0 Å². The second kappa shape index (κ2) is 5.29. The van der Waals surface area contributed by atoms with E-state index < -0.39 is 0 Å². The number of nitrogens with two attached hydrogens (primary N) is 1. The summed E-state index contributed by atoms with van der Waals surface area (Å²) in [4.78, 5) is 14.8. The van der Waals surface area contributed by atoms with Gasteiger partial charge in [-0.2, -0.15) is 0 Å². The number of carbonyl (C=O) groups is 1. The Kier molecular flexibility index (Phi) is 3.90. The Balaban J connectivity index is 2.05. The molecule has 1 aromatic carbocycles. The Morgan fingerprint density at radius 1 is 1.42 bits per heavy atom. The molecule has 102 valence electrons. The Morgan fingerprint density at radius 3 is 2.79 bits per heavy atom. The molecule has 1 heterocycles. The van der Waals surface area contributed by atoms with Gasteiger partial charge in [0.2, 0.25) is 0 Å². The average molecular weight is 276 g/mol. The smallest absolute Gasteiger partial charge is 0.254 e. The minimum Gasteiger partial charge on any atom is -0.393 e. The van der Waals surface area contributed by atoms with Crippen LogP contribution in [-0.2, 0) is 6.42 Å². The lowest BCUT2D eigenvalue weighted by Gasteiger charge is -2.32. The van der Waals surface area contributed by atoms with Gasteiger partial charge in [0, 0.05) is 24.1 Å². The zero-order chi connectivity index (χ0) is 14.0. The first kappa shape index (κ1) is 14.0. The third-order valence-electron chi connectivity index (χ3n) is 3.86. The van der Waals surface area contributed by atoms with Crippen molar-refractivity contribution in [1.82, 2.24) is 4.90 Å². The first-order valence-corrected chi connectivity index (χ1v) is 7.00. The summed E-state index contributed by atoms with van der Waals surface area (Å²) in [5.41, 5.74) is 7.51. The predicted octanol–water partition coefficient (Wildman–Crippen LogP) is 2.39. The van der Waals surface area contributed by atoms with Crippen LogP contribution in [0, 0.1) is 5.41 Å². The van der Waals surface area contributed by atoms with E-state index in [0.717, 1.165) is 30.5 Å². The number of amides is 1. The van der Waals surface area contributed by atoms with Gasteiger partial charge >= 0.3 is 0 Å². The zero-order valence-electron chi connectivity index (χ0n) is 11.5. The van der Waals surface area contributed by atoms with E-state index >= 15 is 0 Å². The molecule has 3 nitrogen and oxygen atoms in total. The van der Waals surface area contributed by atoms with Crippen molar-refractivity contribution >= 4 is 23.1 Å². The summed E-state index contributed by atoms with van der Waals surface area (Å²) in [6.07, 6.45) is 1.73. The van der Waals surface area contributed by atoms with Crippen LogP contribution < -0.4 is 5.73 Å². The number of benzene rings is 1. The van der Waals surface area contributed by atoms with Crippen molar-refractivity contribution < 1.29 is 4.79 Å². The zero-order valence-corrected chi connectivity index (χ0v) is 12.3. The van der Waals surface area contributed by atoms with Crippen LogP contribution in [0.4, 0.5) is 0 Å². The highest BCUT2D eigenvalue weighted by molar-refractivity contribution is 7.80. The predicted molar refractivity (Wildman–Crippen MR) is 81.2 cm³/mol. The average Bonchev–Trinajstić information content (AvgIpc) is 2.38. The maximum absolute atomic E-state index is 12.4. The molecule has 1 aromatic rings. The highest BCUT2D eigenvalue weighted by Gasteiger charge is 2.27. The van der Waals surface area contributed by atoms with Crippen LogP contribution in [0.2, 0.25) is 0 Å². The van der Waals surface area contributed by atoms with Gasteiger partial charge in [0.1, 0.15) is 0 Å². The molecule has 2 rings (SSSR count). The number of rotatable bonds is 4. The summed E-state index contributed by atoms with van der Waals surface area (Å²) in [5, 5.41) is 0. The molecule has 1 amide bonds. The van der Waals surface area contributed by atoms with Gasteiger partial charge in [-0.1, -0.05) is 44.3 Å². The first-order valence-electron chi connectivity index (χ1n) is 6.59. The topological polar surface area (TPSA) is 46.3 Å². The van der Waals surface area contributed by atoms with Crippen LogP contribution >= 0.6 is 12.2 Å². The summed E-state index contributed by atoms with van der Waals surface area (Å²) < 4.78 is 0. The Hall–Kier alpha value is -1.42. The molecule has 19 heavy (non-hydrogen) atoms. The van der Waals surface area contributed by atoms with Crippen LogP contribution in [-0.4, -0.2) is 28.9 Å². The van der Waals surface area contributed by atoms with E-state index in [9.17, 15) is 4.79 Å². The number of fused-ring (bicyclic) bond motifs is 1. The van der Waals surface area contributed by atoms with Gasteiger partial charge in [-0.3, -0.25) is 4.79 Å². The summed E-state index contributed by atoms with van der Waals surface area (Å²) in [6.45, 7) is 5.54. The molecule has 0 aromatic heterocycles.